The minimum absolute atomic E-state index is 0.0108. The Morgan fingerprint density at radius 3 is 3.00 bits per heavy atom. The molecular formula is C12H11ClFN5O. The highest BCUT2D eigenvalue weighted by atomic mass is 35.5. The molecule has 0 amide bonds. The third-order valence-corrected chi connectivity index (χ3v) is 3.16. The van der Waals surface area contributed by atoms with Crippen molar-refractivity contribution in [2.75, 3.05) is 16.6 Å². The van der Waals surface area contributed by atoms with Crippen molar-refractivity contribution < 1.29 is 9.13 Å². The van der Waals surface area contributed by atoms with Gasteiger partial charge in [0.1, 0.15) is 23.9 Å². The molecule has 0 radical (unpaired) electrons. The molecule has 0 saturated carbocycles. The van der Waals surface area contributed by atoms with Gasteiger partial charge in [-0.25, -0.2) is 9.37 Å². The summed E-state index contributed by atoms with van der Waals surface area (Å²) in [4.78, 5) is 4.07. The molecular weight excluding hydrogens is 285 g/mol. The molecule has 1 aromatic carbocycles. The number of nitrogens with two attached hydrogens (primary N) is 1. The summed E-state index contributed by atoms with van der Waals surface area (Å²) in [6, 6.07) is 6.03. The summed E-state index contributed by atoms with van der Waals surface area (Å²) < 4.78 is 19.3. The molecule has 1 aromatic heterocycles. The van der Waals surface area contributed by atoms with Gasteiger partial charge in [0.25, 0.3) is 0 Å². The lowest BCUT2D eigenvalue weighted by atomic mass is 10.2. The number of ether oxygens (including phenoxy) is 1. The topological polar surface area (TPSA) is 84.2 Å². The van der Waals surface area contributed by atoms with Crippen LogP contribution in [0, 0.1) is 5.82 Å². The molecule has 0 spiro atoms. The van der Waals surface area contributed by atoms with Crippen LogP contribution in [-0.2, 0) is 6.61 Å². The highest BCUT2D eigenvalue weighted by Crippen LogP contribution is 2.35. The van der Waals surface area contributed by atoms with E-state index in [0.717, 1.165) is 0 Å². The van der Waals surface area contributed by atoms with Crippen LogP contribution in [0.3, 0.4) is 0 Å². The van der Waals surface area contributed by atoms with Crippen molar-refractivity contribution >= 4 is 28.9 Å². The van der Waals surface area contributed by atoms with E-state index >= 15 is 0 Å². The lowest BCUT2D eigenvalue weighted by molar-refractivity contribution is 0.301. The predicted molar refractivity (Wildman–Crippen MR) is 74.8 cm³/mol. The molecule has 0 bridgehead atoms. The number of hydrogen-bond acceptors (Lipinski definition) is 6. The van der Waals surface area contributed by atoms with E-state index in [1.165, 1.54) is 6.07 Å². The molecule has 104 valence electrons. The van der Waals surface area contributed by atoms with Crippen LogP contribution in [0.25, 0.3) is 0 Å². The third-order valence-electron chi connectivity index (χ3n) is 2.81. The monoisotopic (exact) mass is 295 g/mol. The summed E-state index contributed by atoms with van der Waals surface area (Å²) in [5, 5.41) is 0.313. The van der Waals surface area contributed by atoms with E-state index in [4.69, 9.17) is 22.1 Å². The lowest BCUT2D eigenvalue weighted by Crippen LogP contribution is -2.19. The van der Waals surface area contributed by atoms with Crippen LogP contribution in [0.5, 0.6) is 5.75 Å². The standard InChI is InChI=1S/C12H11ClFN5O/c13-7-2-1-3-8(14)6(7)5-20-9-4-10(15)16-12-11(9)17-19-18-12/h1-4,17,19H,5H2,(H3,15,16,18). The molecule has 1 aliphatic rings. The number of aromatic nitrogens is 1. The zero-order valence-electron chi connectivity index (χ0n) is 10.2. The zero-order valence-corrected chi connectivity index (χ0v) is 11.0. The molecule has 5 N–H and O–H groups in total. The summed E-state index contributed by atoms with van der Waals surface area (Å²) in [5.41, 5.74) is 14.8. The smallest absolute Gasteiger partial charge is 0.172 e. The van der Waals surface area contributed by atoms with Crippen molar-refractivity contribution in [2.24, 2.45) is 0 Å². The summed E-state index contributed by atoms with van der Waals surface area (Å²) in [7, 11) is 0. The zero-order chi connectivity index (χ0) is 14.1. The molecule has 20 heavy (non-hydrogen) atoms. The fourth-order valence-electron chi connectivity index (χ4n) is 1.84. The van der Waals surface area contributed by atoms with Crippen LogP contribution >= 0.6 is 11.6 Å². The molecule has 0 fully saturated rings. The summed E-state index contributed by atoms with van der Waals surface area (Å²) in [6.07, 6.45) is 0. The van der Waals surface area contributed by atoms with Crippen LogP contribution in [0.4, 0.5) is 21.7 Å². The van der Waals surface area contributed by atoms with Crippen LogP contribution < -0.4 is 26.9 Å². The lowest BCUT2D eigenvalue weighted by Gasteiger charge is -2.11. The molecule has 2 aromatic rings. The maximum atomic E-state index is 13.7. The number of benzene rings is 1. The van der Waals surface area contributed by atoms with Crippen LogP contribution in [-0.4, -0.2) is 4.98 Å². The van der Waals surface area contributed by atoms with Crippen LogP contribution in [0.1, 0.15) is 5.56 Å². The summed E-state index contributed by atoms with van der Waals surface area (Å²) in [6.45, 7) is -0.0108. The van der Waals surface area contributed by atoms with E-state index in [9.17, 15) is 4.39 Å². The van der Waals surface area contributed by atoms with Gasteiger partial charge < -0.3 is 10.5 Å². The Bertz CT molecular complexity index is 646. The highest BCUT2D eigenvalue weighted by Gasteiger charge is 2.18. The average molecular weight is 296 g/mol. The molecule has 0 atom stereocenters. The van der Waals surface area contributed by atoms with Crippen molar-refractivity contribution in [3.05, 3.63) is 40.7 Å². The molecule has 6 nitrogen and oxygen atoms in total. The number of nitrogens with one attached hydrogen (secondary N) is 3. The Morgan fingerprint density at radius 1 is 1.35 bits per heavy atom. The highest BCUT2D eigenvalue weighted by molar-refractivity contribution is 6.31. The second kappa shape index (κ2) is 5.03. The van der Waals surface area contributed by atoms with Gasteiger partial charge >= 0.3 is 0 Å². The Kier molecular flexibility index (Phi) is 3.21. The van der Waals surface area contributed by atoms with Gasteiger partial charge in [0.2, 0.25) is 0 Å². The number of rotatable bonds is 3. The van der Waals surface area contributed by atoms with Crippen molar-refractivity contribution in [3.63, 3.8) is 0 Å². The minimum atomic E-state index is -0.416. The van der Waals surface area contributed by atoms with E-state index in [-0.39, 0.29) is 18.0 Å². The molecule has 1 aliphatic heterocycles. The fourth-order valence-corrected chi connectivity index (χ4v) is 2.06. The predicted octanol–water partition coefficient (Wildman–Crippen LogP) is 2.29. The second-order valence-electron chi connectivity index (χ2n) is 4.13. The summed E-state index contributed by atoms with van der Waals surface area (Å²) in [5.74, 6) is 0.834. The number of hydrogen-bond donors (Lipinski definition) is 4. The minimum Gasteiger partial charge on any atom is -0.486 e. The Hall–Kier alpha value is -2.25. The average Bonchev–Trinajstić information content (AvgIpc) is 2.86. The van der Waals surface area contributed by atoms with Gasteiger partial charge in [-0.2, -0.15) is 0 Å². The molecule has 0 aliphatic carbocycles. The Morgan fingerprint density at radius 2 is 2.20 bits per heavy atom. The van der Waals surface area contributed by atoms with Gasteiger partial charge in [0.15, 0.2) is 11.6 Å². The first-order valence-corrected chi connectivity index (χ1v) is 6.16. The molecule has 0 unspecified atom stereocenters. The van der Waals surface area contributed by atoms with Crippen molar-refractivity contribution in [2.45, 2.75) is 6.61 Å². The third kappa shape index (κ3) is 2.28. The van der Waals surface area contributed by atoms with Gasteiger partial charge in [0.05, 0.1) is 5.02 Å². The van der Waals surface area contributed by atoms with E-state index in [0.29, 0.717) is 22.3 Å². The van der Waals surface area contributed by atoms with Gasteiger partial charge in [0, 0.05) is 11.6 Å². The normalized spacial score (nSPS) is 12.5. The van der Waals surface area contributed by atoms with Crippen molar-refractivity contribution in [1.29, 1.82) is 0 Å². The quantitative estimate of drug-likeness (QED) is 0.695. The fraction of sp³-hybridized carbons (Fsp3) is 0.0833. The summed E-state index contributed by atoms with van der Waals surface area (Å²) >= 11 is 5.95. The number of anilines is 3. The molecule has 8 heteroatoms. The SMILES string of the molecule is Nc1cc(OCc2c(F)cccc2Cl)c2c(n1)NNN2. The molecule has 2 heterocycles. The first kappa shape index (κ1) is 12.8. The van der Waals surface area contributed by atoms with Gasteiger partial charge in [-0.15, -0.1) is 5.53 Å². The maximum absolute atomic E-state index is 13.7. The number of pyridine rings is 1. The first-order valence-electron chi connectivity index (χ1n) is 5.78. The number of halogens is 2. The van der Waals surface area contributed by atoms with Crippen LogP contribution in [0.15, 0.2) is 24.3 Å². The number of fused-ring (bicyclic) bond motifs is 1. The van der Waals surface area contributed by atoms with E-state index in [2.05, 4.69) is 21.4 Å². The second-order valence-corrected chi connectivity index (χ2v) is 4.54. The van der Waals surface area contributed by atoms with E-state index in [1.54, 1.807) is 18.2 Å². The Balaban J connectivity index is 1.86. The number of nitrogens with zero attached hydrogens (tertiary/aromatic N) is 1. The van der Waals surface area contributed by atoms with E-state index in [1.807, 2.05) is 0 Å². The largest absolute Gasteiger partial charge is 0.486 e. The van der Waals surface area contributed by atoms with Crippen LogP contribution in [0.2, 0.25) is 5.02 Å². The van der Waals surface area contributed by atoms with E-state index < -0.39 is 5.82 Å². The maximum Gasteiger partial charge on any atom is 0.172 e. The van der Waals surface area contributed by atoms with Crippen molar-refractivity contribution in [1.82, 2.24) is 10.5 Å². The van der Waals surface area contributed by atoms with Gasteiger partial charge in [-0.05, 0) is 12.1 Å². The molecule has 3 rings (SSSR count). The van der Waals surface area contributed by atoms with Gasteiger partial charge in [-0.3, -0.25) is 10.9 Å². The van der Waals surface area contributed by atoms with Crippen molar-refractivity contribution in [3.8, 4) is 5.75 Å². The number of hydrazine groups is 2. The first-order chi connectivity index (χ1) is 9.65. The Labute approximate surface area is 119 Å². The number of nitrogen functional groups attached to an aromatic ring is 1. The molecule has 0 saturated heterocycles. The van der Waals surface area contributed by atoms with Gasteiger partial charge in [-0.1, -0.05) is 17.7 Å².